The molecule has 1 unspecified atom stereocenters. The molecule has 0 saturated carbocycles. The normalized spacial score (nSPS) is 18.1. The first kappa shape index (κ1) is 21.7. The molecule has 0 spiro atoms. The fraction of sp³-hybridized carbons (Fsp3) is 0.700. The lowest BCUT2D eigenvalue weighted by molar-refractivity contribution is 0.0472. The Morgan fingerprint density at radius 2 is 1.89 bits per heavy atom. The van der Waals surface area contributed by atoms with Crippen molar-refractivity contribution >= 4 is 27.2 Å². The maximum Gasteiger partial charge on any atom is 0.412 e. The molecule has 0 bridgehead atoms. The first-order chi connectivity index (χ1) is 12.3. The van der Waals surface area contributed by atoms with Crippen molar-refractivity contribution in [2.24, 2.45) is 5.92 Å². The third-order valence-corrected chi connectivity index (χ3v) is 6.21. The molecule has 27 heavy (non-hydrogen) atoms. The Kier molecular flexibility index (Phi) is 6.26. The van der Waals surface area contributed by atoms with Gasteiger partial charge in [0.1, 0.15) is 5.60 Å². The van der Waals surface area contributed by atoms with E-state index in [1.807, 2.05) is 26.8 Å². The number of carbonyl (C=O) groups excluding carboxylic acids is 1. The van der Waals surface area contributed by atoms with E-state index in [0.29, 0.717) is 11.6 Å². The van der Waals surface area contributed by atoms with Crippen LogP contribution in [0.15, 0.2) is 12.3 Å². The number of hydrogen-bond acceptors (Lipinski definition) is 5. The van der Waals surface area contributed by atoms with Crippen molar-refractivity contribution in [3.63, 3.8) is 0 Å². The summed E-state index contributed by atoms with van der Waals surface area (Å²) in [5.41, 5.74) is 1.89. The molecule has 0 radical (unpaired) electrons. The molecule has 1 aromatic rings. The molecular formula is C20H35N3O3Si. The molecule has 0 aromatic carbocycles. The van der Waals surface area contributed by atoms with Gasteiger partial charge in [-0.15, -0.1) is 0 Å². The summed E-state index contributed by atoms with van der Waals surface area (Å²) in [5.74, 6) is 0.358. The van der Waals surface area contributed by atoms with Crippen LogP contribution < -0.4 is 10.6 Å². The molecule has 0 saturated heterocycles. The van der Waals surface area contributed by atoms with E-state index in [1.54, 1.807) is 6.20 Å². The lowest BCUT2D eigenvalue weighted by Crippen LogP contribution is -2.44. The summed E-state index contributed by atoms with van der Waals surface area (Å²) >= 11 is 0. The highest BCUT2D eigenvalue weighted by atomic mass is 28.2. The third kappa shape index (κ3) is 6.81. The van der Waals surface area contributed by atoms with Crippen LogP contribution in [-0.4, -0.2) is 38.6 Å². The maximum atomic E-state index is 11.9. The molecule has 1 aromatic heterocycles. The summed E-state index contributed by atoms with van der Waals surface area (Å²) in [6.07, 6.45) is 2.07. The summed E-state index contributed by atoms with van der Waals surface area (Å²) in [6.45, 7) is 17.4. The van der Waals surface area contributed by atoms with Gasteiger partial charge in [0.2, 0.25) is 0 Å². The van der Waals surface area contributed by atoms with E-state index in [0.717, 1.165) is 24.3 Å². The van der Waals surface area contributed by atoms with Crippen LogP contribution in [0, 0.1) is 5.92 Å². The summed E-state index contributed by atoms with van der Waals surface area (Å²) in [6, 6.07) is 1.92. The van der Waals surface area contributed by atoms with Crippen molar-refractivity contribution in [3.8, 4) is 0 Å². The summed E-state index contributed by atoms with van der Waals surface area (Å²) in [7, 11) is -0.618. The predicted octanol–water partition coefficient (Wildman–Crippen LogP) is 4.11. The van der Waals surface area contributed by atoms with Gasteiger partial charge in [-0.3, -0.25) is 10.3 Å². The Bertz CT molecular complexity index is 678. The zero-order valence-corrected chi connectivity index (χ0v) is 19.4. The standard InChI is InChI=1S/C20H35N3O3Si/c1-18(2,3)25-17(24)23-14-10-16-15(22-12-14)9-13(11-21-16)20(7,8)26-27-19(4,5)6/h10,12-13,21H,9,11,27H2,1-8H3,(H,23,24). The SMILES string of the molecule is CC(C)(C)OC(=O)Nc1cnc2c(c1)NCC(C(C)(C)O[SiH2]C(C)(C)C)C2. The number of amides is 1. The Hall–Kier alpha value is -1.60. The molecule has 1 aliphatic rings. The summed E-state index contributed by atoms with van der Waals surface area (Å²) in [5, 5.41) is 6.48. The van der Waals surface area contributed by atoms with Gasteiger partial charge in [0, 0.05) is 12.5 Å². The van der Waals surface area contributed by atoms with E-state index in [2.05, 4.69) is 50.2 Å². The molecular weight excluding hydrogens is 358 g/mol. The summed E-state index contributed by atoms with van der Waals surface area (Å²) < 4.78 is 11.7. The van der Waals surface area contributed by atoms with E-state index in [-0.39, 0.29) is 10.6 Å². The van der Waals surface area contributed by atoms with Gasteiger partial charge in [0.25, 0.3) is 0 Å². The van der Waals surface area contributed by atoms with E-state index in [4.69, 9.17) is 9.16 Å². The number of nitrogens with zero attached hydrogens (tertiary/aromatic N) is 1. The van der Waals surface area contributed by atoms with Crippen LogP contribution in [0.25, 0.3) is 0 Å². The van der Waals surface area contributed by atoms with Crippen LogP contribution in [0.2, 0.25) is 5.04 Å². The fourth-order valence-corrected chi connectivity index (χ4v) is 3.89. The second-order valence-electron chi connectivity index (χ2n) is 10.1. The molecule has 7 heteroatoms. The van der Waals surface area contributed by atoms with Crippen LogP contribution in [0.5, 0.6) is 0 Å². The van der Waals surface area contributed by atoms with E-state index in [1.165, 1.54) is 0 Å². The van der Waals surface area contributed by atoms with Gasteiger partial charge in [-0.1, -0.05) is 20.8 Å². The Labute approximate surface area is 165 Å². The van der Waals surface area contributed by atoms with Crippen molar-refractivity contribution in [1.29, 1.82) is 0 Å². The molecule has 2 N–H and O–H groups in total. The molecule has 6 nitrogen and oxygen atoms in total. The fourth-order valence-electron chi connectivity index (χ4n) is 2.85. The van der Waals surface area contributed by atoms with E-state index in [9.17, 15) is 4.79 Å². The first-order valence-corrected chi connectivity index (χ1v) is 10.9. The molecule has 1 amide bonds. The minimum absolute atomic E-state index is 0.181. The maximum absolute atomic E-state index is 11.9. The van der Waals surface area contributed by atoms with Crippen molar-refractivity contribution < 1.29 is 14.0 Å². The van der Waals surface area contributed by atoms with Crippen LogP contribution in [-0.2, 0) is 15.6 Å². The molecule has 1 atom stereocenters. The number of ether oxygens (including phenoxy) is 1. The Morgan fingerprint density at radius 1 is 1.22 bits per heavy atom. The van der Waals surface area contributed by atoms with Gasteiger partial charge in [-0.2, -0.15) is 0 Å². The van der Waals surface area contributed by atoms with Crippen LogP contribution in [0.1, 0.15) is 61.1 Å². The van der Waals surface area contributed by atoms with Crippen LogP contribution in [0.4, 0.5) is 16.2 Å². The van der Waals surface area contributed by atoms with Crippen molar-refractivity contribution in [3.05, 3.63) is 18.0 Å². The average Bonchev–Trinajstić information content (AvgIpc) is 2.50. The highest BCUT2D eigenvalue weighted by molar-refractivity contribution is 6.31. The smallest absolute Gasteiger partial charge is 0.412 e. The van der Waals surface area contributed by atoms with Gasteiger partial charge in [0.05, 0.1) is 28.9 Å². The lowest BCUT2D eigenvalue weighted by Gasteiger charge is -2.39. The zero-order chi connectivity index (χ0) is 20.5. The number of anilines is 2. The highest BCUT2D eigenvalue weighted by Crippen LogP contribution is 2.34. The Morgan fingerprint density at radius 3 is 2.48 bits per heavy atom. The minimum Gasteiger partial charge on any atom is -0.444 e. The molecule has 2 heterocycles. The molecule has 1 aliphatic heterocycles. The van der Waals surface area contributed by atoms with Crippen molar-refractivity contribution in [2.45, 2.75) is 78.1 Å². The number of rotatable bonds is 4. The number of carbonyl (C=O) groups is 1. The highest BCUT2D eigenvalue weighted by Gasteiger charge is 2.34. The number of aromatic nitrogens is 1. The van der Waals surface area contributed by atoms with Gasteiger partial charge in [-0.25, -0.2) is 4.79 Å². The third-order valence-electron chi connectivity index (χ3n) is 4.45. The number of hydrogen-bond donors (Lipinski definition) is 2. The molecule has 2 rings (SSSR count). The van der Waals surface area contributed by atoms with Crippen molar-refractivity contribution in [1.82, 2.24) is 4.98 Å². The number of fused-ring (bicyclic) bond motifs is 1. The molecule has 0 aliphatic carbocycles. The van der Waals surface area contributed by atoms with E-state index < -0.39 is 21.5 Å². The van der Waals surface area contributed by atoms with Crippen LogP contribution in [0.3, 0.4) is 0 Å². The predicted molar refractivity (Wildman–Crippen MR) is 113 cm³/mol. The Balaban J connectivity index is 2.02. The zero-order valence-electron chi connectivity index (χ0n) is 18.0. The second-order valence-corrected chi connectivity index (χ2v) is 12.8. The minimum atomic E-state index is -0.618. The molecule has 0 fully saturated rings. The monoisotopic (exact) mass is 393 g/mol. The topological polar surface area (TPSA) is 72.5 Å². The summed E-state index contributed by atoms with van der Waals surface area (Å²) in [4.78, 5) is 16.5. The lowest BCUT2D eigenvalue weighted by atomic mass is 9.84. The second kappa shape index (κ2) is 7.79. The number of pyridine rings is 1. The van der Waals surface area contributed by atoms with Crippen molar-refractivity contribution in [2.75, 3.05) is 17.2 Å². The largest absolute Gasteiger partial charge is 0.444 e. The van der Waals surface area contributed by atoms with Gasteiger partial charge < -0.3 is 14.5 Å². The first-order valence-electron chi connectivity index (χ1n) is 9.62. The van der Waals surface area contributed by atoms with E-state index >= 15 is 0 Å². The van der Waals surface area contributed by atoms with Gasteiger partial charge in [0.15, 0.2) is 9.76 Å². The van der Waals surface area contributed by atoms with Gasteiger partial charge >= 0.3 is 6.09 Å². The quantitative estimate of drug-likeness (QED) is 0.753. The van der Waals surface area contributed by atoms with Crippen LogP contribution >= 0.6 is 0 Å². The molecule has 152 valence electrons. The number of nitrogens with one attached hydrogen (secondary N) is 2. The van der Waals surface area contributed by atoms with Gasteiger partial charge in [-0.05, 0) is 52.1 Å². The average molecular weight is 394 g/mol.